The number of aryl methyl sites for hydroxylation is 2. The van der Waals surface area contributed by atoms with E-state index < -0.39 is 0 Å². The molecule has 2 aromatic rings. The molecule has 0 radical (unpaired) electrons. The van der Waals surface area contributed by atoms with Gasteiger partial charge in [0, 0.05) is 0 Å². The maximum absolute atomic E-state index is 9.55. The number of rotatable bonds is 13. The van der Waals surface area contributed by atoms with Gasteiger partial charge in [0.2, 0.25) is 0 Å². The summed E-state index contributed by atoms with van der Waals surface area (Å²) in [7, 11) is 0. The quantitative estimate of drug-likeness (QED) is 0.334. The summed E-state index contributed by atoms with van der Waals surface area (Å²) in [5, 5.41) is 19.1. The van der Waals surface area contributed by atoms with Gasteiger partial charge in [-0.1, -0.05) is 108 Å². The number of benzene rings is 2. The molecule has 2 heteroatoms. The topological polar surface area (TPSA) is 40.5 Å². The third-order valence-corrected chi connectivity index (χ3v) is 5.33. The van der Waals surface area contributed by atoms with Gasteiger partial charge in [-0.2, -0.15) is 0 Å². The number of aromatic hydroxyl groups is 2. The molecule has 0 fully saturated rings. The lowest BCUT2D eigenvalue weighted by molar-refractivity contribution is 0.465. The summed E-state index contributed by atoms with van der Waals surface area (Å²) >= 11 is 0. The molecule has 0 aliphatic heterocycles. The molecular weight excluding hydrogens is 356 g/mol. The average molecular weight is 399 g/mol. The molecule has 0 unspecified atom stereocenters. The molecule has 29 heavy (non-hydrogen) atoms. The lowest BCUT2D eigenvalue weighted by Gasteiger charge is -2.03. The van der Waals surface area contributed by atoms with Gasteiger partial charge in [0.15, 0.2) is 0 Å². The van der Waals surface area contributed by atoms with E-state index in [9.17, 15) is 10.2 Å². The predicted molar refractivity (Wildman–Crippen MR) is 126 cm³/mol. The number of phenols is 2. The highest BCUT2D eigenvalue weighted by Crippen LogP contribution is 2.19. The number of phenolic OH excluding ortho intramolecular Hbond substituents is 2. The molecule has 0 aliphatic rings. The third-order valence-electron chi connectivity index (χ3n) is 5.33. The first-order valence-electron chi connectivity index (χ1n) is 11.7. The maximum Gasteiger partial charge on any atom is 0.118 e. The van der Waals surface area contributed by atoms with E-state index in [1.807, 2.05) is 36.4 Å². The normalized spacial score (nSPS) is 10.4. The zero-order valence-corrected chi connectivity index (χ0v) is 18.7. The second kappa shape index (κ2) is 16.9. The monoisotopic (exact) mass is 398 g/mol. The van der Waals surface area contributed by atoms with Gasteiger partial charge in [-0.3, -0.25) is 0 Å². The summed E-state index contributed by atoms with van der Waals surface area (Å²) in [6.45, 7) is 4.46. The standard InChI is InChI=1S/C14H22O.C13H20O/c1-2-3-4-5-6-7-10-13-11-8-9-12-14(13)15;1-2-3-4-5-6-9-12-10-7-8-11-13(12)14/h8-9,11-12,15H,2-7,10H2,1H3;7-8,10-11,14H,2-6,9H2,1H3. The molecule has 2 nitrogen and oxygen atoms in total. The van der Waals surface area contributed by atoms with E-state index >= 15 is 0 Å². The van der Waals surface area contributed by atoms with Crippen LogP contribution in [0.5, 0.6) is 11.5 Å². The van der Waals surface area contributed by atoms with Crippen molar-refractivity contribution in [3.8, 4) is 11.5 Å². The summed E-state index contributed by atoms with van der Waals surface area (Å²) < 4.78 is 0. The molecule has 0 atom stereocenters. The second-order valence-electron chi connectivity index (χ2n) is 7.94. The molecule has 0 aromatic heterocycles. The van der Waals surface area contributed by atoms with Crippen molar-refractivity contribution >= 4 is 0 Å². The molecule has 2 N–H and O–H groups in total. The molecule has 0 aliphatic carbocycles. The van der Waals surface area contributed by atoms with Gasteiger partial charge in [0.1, 0.15) is 11.5 Å². The van der Waals surface area contributed by atoms with Gasteiger partial charge < -0.3 is 10.2 Å². The molecule has 162 valence electrons. The van der Waals surface area contributed by atoms with Crippen molar-refractivity contribution in [3.63, 3.8) is 0 Å². The summed E-state index contributed by atoms with van der Waals surface area (Å²) in [6.07, 6.45) is 16.3. The van der Waals surface area contributed by atoms with E-state index in [2.05, 4.69) is 13.8 Å². The zero-order chi connectivity index (χ0) is 21.2. The average Bonchev–Trinajstić information content (AvgIpc) is 2.73. The number of para-hydroxylation sites is 2. The SMILES string of the molecule is CCCCCCCCc1ccccc1O.CCCCCCCc1ccccc1O. The van der Waals surface area contributed by atoms with Crippen molar-refractivity contribution in [1.29, 1.82) is 0 Å². The first-order valence-corrected chi connectivity index (χ1v) is 11.7. The molecule has 0 heterocycles. The Kier molecular flexibility index (Phi) is 14.7. The minimum Gasteiger partial charge on any atom is -0.508 e. The van der Waals surface area contributed by atoms with Gasteiger partial charge in [0.25, 0.3) is 0 Å². The highest BCUT2D eigenvalue weighted by molar-refractivity contribution is 5.32. The predicted octanol–water partition coefficient (Wildman–Crippen LogP) is 8.20. The van der Waals surface area contributed by atoms with Crippen LogP contribution >= 0.6 is 0 Å². The maximum atomic E-state index is 9.55. The van der Waals surface area contributed by atoms with Crippen LogP contribution < -0.4 is 0 Å². The van der Waals surface area contributed by atoms with Gasteiger partial charge in [0.05, 0.1) is 0 Å². The zero-order valence-electron chi connectivity index (χ0n) is 18.7. The first kappa shape index (κ1) is 25.1. The number of hydrogen-bond donors (Lipinski definition) is 2. The van der Waals surface area contributed by atoms with Crippen LogP contribution in [-0.4, -0.2) is 10.2 Å². The Hall–Kier alpha value is -1.96. The first-order chi connectivity index (χ1) is 14.2. The Bertz CT molecular complexity index is 636. The Balaban J connectivity index is 0.000000291. The van der Waals surface area contributed by atoms with E-state index in [0.717, 1.165) is 24.0 Å². The summed E-state index contributed by atoms with van der Waals surface area (Å²) in [5.41, 5.74) is 2.18. The van der Waals surface area contributed by atoms with Crippen LogP contribution in [0.2, 0.25) is 0 Å². The van der Waals surface area contributed by atoms with E-state index in [-0.39, 0.29) is 0 Å². The van der Waals surface area contributed by atoms with Gasteiger partial charge in [-0.15, -0.1) is 0 Å². The minimum atomic E-state index is 0.447. The molecular formula is C27H42O2. The Labute approximate surface area is 179 Å². The van der Waals surface area contributed by atoms with Gasteiger partial charge in [-0.05, 0) is 48.9 Å². The van der Waals surface area contributed by atoms with Gasteiger partial charge in [-0.25, -0.2) is 0 Å². The Morgan fingerprint density at radius 3 is 1.21 bits per heavy atom. The summed E-state index contributed by atoms with van der Waals surface area (Å²) in [4.78, 5) is 0. The lowest BCUT2D eigenvalue weighted by atomic mass is 10.0. The largest absolute Gasteiger partial charge is 0.508 e. The van der Waals surface area contributed by atoms with E-state index in [1.54, 1.807) is 12.1 Å². The molecule has 2 rings (SSSR count). The summed E-state index contributed by atoms with van der Waals surface area (Å²) in [6, 6.07) is 15.3. The van der Waals surface area contributed by atoms with Crippen molar-refractivity contribution in [2.45, 2.75) is 97.3 Å². The minimum absolute atomic E-state index is 0.447. The van der Waals surface area contributed by atoms with Crippen LogP contribution in [0, 0.1) is 0 Å². The van der Waals surface area contributed by atoms with Crippen LogP contribution in [0.3, 0.4) is 0 Å². The number of hydrogen-bond acceptors (Lipinski definition) is 2. The Morgan fingerprint density at radius 1 is 0.483 bits per heavy atom. The van der Waals surface area contributed by atoms with Crippen molar-refractivity contribution in [3.05, 3.63) is 59.7 Å². The lowest BCUT2D eigenvalue weighted by Crippen LogP contribution is -1.86. The third kappa shape index (κ3) is 12.3. The van der Waals surface area contributed by atoms with Crippen molar-refractivity contribution in [1.82, 2.24) is 0 Å². The molecule has 0 bridgehead atoms. The molecule has 0 spiro atoms. The van der Waals surface area contributed by atoms with Gasteiger partial charge >= 0.3 is 0 Å². The smallest absolute Gasteiger partial charge is 0.118 e. The van der Waals surface area contributed by atoms with Crippen molar-refractivity contribution in [2.75, 3.05) is 0 Å². The van der Waals surface area contributed by atoms with Crippen LogP contribution in [-0.2, 0) is 12.8 Å². The molecule has 2 aromatic carbocycles. The van der Waals surface area contributed by atoms with E-state index in [4.69, 9.17) is 0 Å². The fourth-order valence-corrected chi connectivity index (χ4v) is 3.46. The fourth-order valence-electron chi connectivity index (χ4n) is 3.46. The Morgan fingerprint density at radius 2 is 0.828 bits per heavy atom. The van der Waals surface area contributed by atoms with Crippen molar-refractivity contribution in [2.24, 2.45) is 0 Å². The van der Waals surface area contributed by atoms with Crippen LogP contribution in [0.15, 0.2) is 48.5 Å². The molecule has 0 saturated carbocycles. The number of unbranched alkanes of at least 4 members (excludes halogenated alkanes) is 9. The highest BCUT2D eigenvalue weighted by atomic mass is 16.3. The summed E-state index contributed by atoms with van der Waals surface area (Å²) in [5.74, 6) is 0.897. The van der Waals surface area contributed by atoms with Crippen LogP contribution in [0.25, 0.3) is 0 Å². The van der Waals surface area contributed by atoms with Crippen LogP contribution in [0.4, 0.5) is 0 Å². The highest BCUT2D eigenvalue weighted by Gasteiger charge is 1.99. The second-order valence-corrected chi connectivity index (χ2v) is 7.94. The molecule has 0 saturated heterocycles. The van der Waals surface area contributed by atoms with Crippen LogP contribution in [0.1, 0.15) is 95.6 Å². The van der Waals surface area contributed by atoms with E-state index in [1.165, 1.54) is 70.6 Å². The van der Waals surface area contributed by atoms with Crippen molar-refractivity contribution < 1.29 is 10.2 Å². The van der Waals surface area contributed by atoms with E-state index in [0.29, 0.717) is 11.5 Å². The molecule has 0 amide bonds. The fraction of sp³-hybridized carbons (Fsp3) is 0.556.